The minimum absolute atomic E-state index is 1.15. The number of nitrogens with zero attached hydrogens (tertiary/aromatic N) is 2. The van der Waals surface area contributed by atoms with Gasteiger partial charge in [-0.3, -0.25) is 9.97 Å². The minimum Gasteiger partial charge on any atom is -0.264 e. The summed E-state index contributed by atoms with van der Waals surface area (Å²) < 4.78 is 0. The summed E-state index contributed by atoms with van der Waals surface area (Å²) in [5.74, 6) is 0. The molecule has 2 nitrogen and oxygen atoms in total. The molecule has 0 spiro atoms. The van der Waals surface area contributed by atoms with E-state index in [1.807, 2.05) is 36.7 Å². The van der Waals surface area contributed by atoms with Crippen LogP contribution in [0.1, 0.15) is 0 Å². The molecule has 2 aromatic rings. The van der Waals surface area contributed by atoms with E-state index in [0.29, 0.717) is 0 Å². The van der Waals surface area contributed by atoms with Crippen LogP contribution in [0.25, 0.3) is 0 Å². The Kier molecular flexibility index (Phi) is 3.43. The molecule has 2 heterocycles. The van der Waals surface area contributed by atoms with Gasteiger partial charge in [-0.05, 0) is 24.3 Å². The van der Waals surface area contributed by atoms with Crippen LogP contribution in [0.4, 0.5) is 0 Å². The fourth-order valence-corrected chi connectivity index (χ4v) is 2.73. The molecule has 0 atom stereocenters. The van der Waals surface area contributed by atoms with Gasteiger partial charge in [0, 0.05) is 34.6 Å². The van der Waals surface area contributed by atoms with Gasteiger partial charge in [-0.25, -0.2) is 0 Å². The van der Waals surface area contributed by atoms with Gasteiger partial charge in [-0.2, -0.15) is 0 Å². The predicted molar refractivity (Wildman–Crippen MR) is 60.2 cm³/mol. The molecule has 14 heavy (non-hydrogen) atoms. The van der Waals surface area contributed by atoms with E-state index in [4.69, 9.17) is 0 Å². The molecule has 0 fully saturated rings. The highest BCUT2D eigenvalue weighted by Crippen LogP contribution is 2.35. The summed E-state index contributed by atoms with van der Waals surface area (Å²) in [4.78, 5) is 10.4. The molecular formula is C10H8N2S2. The van der Waals surface area contributed by atoms with Crippen LogP contribution >= 0.6 is 21.6 Å². The third kappa shape index (κ3) is 2.75. The van der Waals surface area contributed by atoms with Crippen molar-refractivity contribution in [3.05, 3.63) is 49.1 Å². The average Bonchev–Trinajstić information content (AvgIpc) is 2.29. The number of hydrogen-bond acceptors (Lipinski definition) is 4. The zero-order chi connectivity index (χ0) is 9.64. The van der Waals surface area contributed by atoms with Crippen molar-refractivity contribution in [1.82, 2.24) is 9.97 Å². The molecule has 0 saturated carbocycles. The van der Waals surface area contributed by atoms with Gasteiger partial charge in [0.2, 0.25) is 0 Å². The lowest BCUT2D eigenvalue weighted by molar-refractivity contribution is 1.24. The Morgan fingerprint density at radius 1 is 0.786 bits per heavy atom. The van der Waals surface area contributed by atoms with Crippen LogP contribution in [0, 0.1) is 0 Å². The van der Waals surface area contributed by atoms with Crippen molar-refractivity contribution in [1.29, 1.82) is 0 Å². The largest absolute Gasteiger partial charge is 0.264 e. The van der Waals surface area contributed by atoms with Gasteiger partial charge in [-0.1, -0.05) is 21.6 Å². The van der Waals surface area contributed by atoms with Gasteiger partial charge in [0.05, 0.1) is 0 Å². The highest BCUT2D eigenvalue weighted by molar-refractivity contribution is 8.76. The van der Waals surface area contributed by atoms with Crippen molar-refractivity contribution >= 4 is 21.6 Å². The van der Waals surface area contributed by atoms with E-state index in [2.05, 4.69) is 9.97 Å². The molecule has 0 aliphatic rings. The molecule has 0 N–H and O–H groups in total. The molecule has 2 aromatic heterocycles. The maximum atomic E-state index is 4.05. The Labute approximate surface area is 90.6 Å². The molecule has 0 radical (unpaired) electrons. The molecule has 70 valence electrons. The molecule has 0 aliphatic carbocycles. The number of hydrogen-bond donors (Lipinski definition) is 0. The predicted octanol–water partition coefficient (Wildman–Crippen LogP) is 3.28. The second-order valence-electron chi connectivity index (χ2n) is 2.54. The first-order chi connectivity index (χ1) is 6.95. The molecule has 0 aromatic carbocycles. The molecule has 4 heteroatoms. The Bertz CT molecular complexity index is 338. The maximum absolute atomic E-state index is 4.05. The zero-order valence-electron chi connectivity index (χ0n) is 7.33. The lowest BCUT2D eigenvalue weighted by Crippen LogP contribution is -1.72. The van der Waals surface area contributed by atoms with Crippen molar-refractivity contribution in [2.45, 2.75) is 9.79 Å². The summed E-state index contributed by atoms with van der Waals surface area (Å²) in [5.41, 5.74) is 0. The lowest BCUT2D eigenvalue weighted by atomic mass is 10.5. The molecule has 2 rings (SSSR count). The van der Waals surface area contributed by atoms with E-state index in [1.165, 1.54) is 0 Å². The first kappa shape index (κ1) is 9.55. The molecule has 0 unspecified atom stereocenters. The second kappa shape index (κ2) is 5.02. The second-order valence-corrected chi connectivity index (χ2v) is 4.82. The van der Waals surface area contributed by atoms with Gasteiger partial charge < -0.3 is 0 Å². The van der Waals surface area contributed by atoms with Crippen LogP contribution in [0.15, 0.2) is 58.8 Å². The third-order valence-electron chi connectivity index (χ3n) is 1.50. The number of pyridine rings is 2. The van der Waals surface area contributed by atoms with E-state index >= 15 is 0 Å². The third-order valence-corrected chi connectivity index (χ3v) is 3.86. The van der Waals surface area contributed by atoms with E-state index in [0.717, 1.165) is 9.79 Å². The van der Waals surface area contributed by atoms with Crippen molar-refractivity contribution in [2.24, 2.45) is 0 Å². The smallest absolute Gasteiger partial charge is 0.0412 e. The highest BCUT2D eigenvalue weighted by atomic mass is 33.1. The van der Waals surface area contributed by atoms with Crippen LogP contribution in [-0.4, -0.2) is 9.97 Å². The molecule has 0 aliphatic heterocycles. The maximum Gasteiger partial charge on any atom is 0.0412 e. The van der Waals surface area contributed by atoms with E-state index < -0.39 is 0 Å². The van der Waals surface area contributed by atoms with Crippen LogP contribution < -0.4 is 0 Å². The van der Waals surface area contributed by atoms with Crippen molar-refractivity contribution in [3.63, 3.8) is 0 Å². The Morgan fingerprint density at radius 2 is 1.29 bits per heavy atom. The Balaban J connectivity index is 1.96. The van der Waals surface area contributed by atoms with Crippen LogP contribution in [-0.2, 0) is 0 Å². The Morgan fingerprint density at radius 3 is 1.64 bits per heavy atom. The zero-order valence-corrected chi connectivity index (χ0v) is 8.96. The van der Waals surface area contributed by atoms with Crippen molar-refractivity contribution < 1.29 is 0 Å². The fraction of sp³-hybridized carbons (Fsp3) is 0. The summed E-state index contributed by atoms with van der Waals surface area (Å²) in [6.07, 6.45) is 7.26. The monoisotopic (exact) mass is 220 g/mol. The van der Waals surface area contributed by atoms with Gasteiger partial charge >= 0.3 is 0 Å². The van der Waals surface area contributed by atoms with Crippen molar-refractivity contribution in [3.8, 4) is 0 Å². The van der Waals surface area contributed by atoms with Gasteiger partial charge in [0.15, 0.2) is 0 Å². The molecule has 0 bridgehead atoms. The first-order valence-corrected chi connectivity index (χ1v) is 6.25. The number of aromatic nitrogens is 2. The molecular weight excluding hydrogens is 212 g/mol. The normalized spacial score (nSPS) is 10.0. The van der Waals surface area contributed by atoms with Crippen LogP contribution in [0.2, 0.25) is 0 Å². The van der Waals surface area contributed by atoms with Crippen molar-refractivity contribution in [2.75, 3.05) is 0 Å². The van der Waals surface area contributed by atoms with E-state index in [-0.39, 0.29) is 0 Å². The van der Waals surface area contributed by atoms with Crippen LogP contribution in [0.3, 0.4) is 0 Å². The minimum atomic E-state index is 1.15. The number of rotatable bonds is 3. The summed E-state index contributed by atoms with van der Waals surface area (Å²) in [6, 6.07) is 7.96. The lowest BCUT2D eigenvalue weighted by Gasteiger charge is -1.98. The standard InChI is InChI=1S/C10H8N2S2/c1-3-9(7-11-5-1)13-14-10-4-2-6-12-8-10/h1-8H. The summed E-state index contributed by atoms with van der Waals surface area (Å²) in [5, 5.41) is 0. The summed E-state index contributed by atoms with van der Waals surface area (Å²) in [6.45, 7) is 0. The average molecular weight is 220 g/mol. The highest BCUT2D eigenvalue weighted by Gasteiger charge is 1.95. The first-order valence-electron chi connectivity index (χ1n) is 4.10. The summed E-state index contributed by atoms with van der Waals surface area (Å²) in [7, 11) is 3.38. The van der Waals surface area contributed by atoms with Gasteiger partial charge in [0.25, 0.3) is 0 Å². The van der Waals surface area contributed by atoms with Crippen LogP contribution in [0.5, 0.6) is 0 Å². The Hall–Kier alpha value is -1.00. The SMILES string of the molecule is c1cncc(SSc2cccnc2)c1. The van der Waals surface area contributed by atoms with E-state index in [9.17, 15) is 0 Å². The fourth-order valence-electron chi connectivity index (χ4n) is 0.889. The molecule has 0 amide bonds. The quantitative estimate of drug-likeness (QED) is 0.741. The summed E-state index contributed by atoms with van der Waals surface area (Å²) >= 11 is 0. The van der Waals surface area contributed by atoms with Gasteiger partial charge in [-0.15, -0.1) is 0 Å². The van der Waals surface area contributed by atoms with E-state index in [1.54, 1.807) is 34.0 Å². The molecule has 0 saturated heterocycles. The van der Waals surface area contributed by atoms with Gasteiger partial charge in [0.1, 0.15) is 0 Å². The topological polar surface area (TPSA) is 25.8 Å².